The minimum atomic E-state index is -2.96. The summed E-state index contributed by atoms with van der Waals surface area (Å²) in [5.41, 5.74) is 2.65. The lowest BCUT2D eigenvalue weighted by atomic mass is 9.93. The number of hydrogen-bond acceptors (Lipinski definition) is 5. The fraction of sp³-hybridized carbons (Fsp3) is 0.310. The van der Waals surface area contributed by atoms with Gasteiger partial charge in [-0.1, -0.05) is 32.0 Å². The third-order valence-corrected chi connectivity index (χ3v) is 6.96. The lowest BCUT2D eigenvalue weighted by Crippen LogP contribution is -2.49. The number of aromatic amines is 1. The highest BCUT2D eigenvalue weighted by Crippen LogP contribution is 2.39. The van der Waals surface area contributed by atoms with Crippen LogP contribution in [0.1, 0.15) is 35.8 Å². The lowest BCUT2D eigenvalue weighted by Gasteiger charge is -2.35. The average Bonchev–Trinajstić information content (AvgIpc) is 3.39. The smallest absolute Gasteiger partial charge is 0.387 e. The molecule has 0 saturated carbocycles. The number of halogens is 3. The summed E-state index contributed by atoms with van der Waals surface area (Å²) in [6, 6.07) is 14.0. The van der Waals surface area contributed by atoms with E-state index in [0.29, 0.717) is 48.7 Å². The molecule has 1 fully saturated rings. The number of para-hydroxylation sites is 1. The molecule has 1 amide bonds. The Morgan fingerprint density at radius 3 is 2.41 bits per heavy atom. The molecule has 2 aromatic carbocycles. The summed E-state index contributed by atoms with van der Waals surface area (Å²) in [5.74, 6) is 0.207. The minimum Gasteiger partial charge on any atom is -0.496 e. The second-order valence-electron chi connectivity index (χ2n) is 9.64. The molecule has 204 valence electrons. The van der Waals surface area contributed by atoms with Gasteiger partial charge < -0.3 is 24.3 Å². The molecule has 1 aliphatic rings. The van der Waals surface area contributed by atoms with Gasteiger partial charge in [0.1, 0.15) is 11.4 Å². The summed E-state index contributed by atoms with van der Waals surface area (Å²) >= 11 is 0. The van der Waals surface area contributed by atoms with Crippen LogP contribution in [-0.2, 0) is 0 Å². The van der Waals surface area contributed by atoms with Crippen molar-refractivity contribution in [3.05, 3.63) is 71.8 Å². The number of alkyl halides is 2. The lowest BCUT2D eigenvalue weighted by molar-refractivity contribution is -0.0497. The molecule has 5 rings (SSSR count). The Morgan fingerprint density at radius 2 is 1.72 bits per heavy atom. The molecule has 1 aliphatic heterocycles. The SMILES string of the molecule is COc1ccccc1-c1cc(C(C)C)c(F)c2[nH]c(C(=O)N3CCN(c4ncccc4OC(F)F)CC3)cc12. The molecule has 3 heterocycles. The molecule has 0 aliphatic carbocycles. The van der Waals surface area contributed by atoms with Crippen LogP contribution in [0.3, 0.4) is 0 Å². The highest BCUT2D eigenvalue weighted by Gasteiger charge is 2.28. The van der Waals surface area contributed by atoms with E-state index in [0.717, 1.165) is 11.1 Å². The Bertz CT molecular complexity index is 1500. The predicted molar refractivity (Wildman–Crippen MR) is 143 cm³/mol. The summed E-state index contributed by atoms with van der Waals surface area (Å²) in [6.45, 7) is 2.29. The summed E-state index contributed by atoms with van der Waals surface area (Å²) in [4.78, 5) is 24.2. The van der Waals surface area contributed by atoms with Gasteiger partial charge in [0, 0.05) is 43.3 Å². The maximum absolute atomic E-state index is 15.6. The monoisotopic (exact) mass is 538 g/mol. The molecule has 4 aromatic rings. The normalized spacial score (nSPS) is 13.9. The van der Waals surface area contributed by atoms with E-state index < -0.39 is 6.61 Å². The van der Waals surface area contributed by atoms with Gasteiger partial charge in [-0.05, 0) is 47.4 Å². The molecule has 0 radical (unpaired) electrons. The van der Waals surface area contributed by atoms with Crippen LogP contribution in [0.25, 0.3) is 22.0 Å². The largest absolute Gasteiger partial charge is 0.496 e. The first-order valence-electron chi connectivity index (χ1n) is 12.7. The van der Waals surface area contributed by atoms with Crippen LogP contribution in [0.4, 0.5) is 19.0 Å². The van der Waals surface area contributed by atoms with Gasteiger partial charge >= 0.3 is 6.61 Å². The summed E-state index contributed by atoms with van der Waals surface area (Å²) in [5, 5.41) is 0.589. The zero-order valence-electron chi connectivity index (χ0n) is 21.9. The number of hydrogen-bond donors (Lipinski definition) is 1. The van der Waals surface area contributed by atoms with E-state index in [2.05, 4.69) is 14.7 Å². The molecular formula is C29H29F3N4O3. The number of carbonyl (C=O) groups is 1. The quantitative estimate of drug-likeness (QED) is 0.310. The van der Waals surface area contributed by atoms with Crippen molar-refractivity contribution in [3.8, 4) is 22.6 Å². The standard InChI is InChI=1S/C29H29F3N4O3/c1-17(2)19-15-20(18-7-4-5-8-23(18)38-3)21-16-22(34-26(21)25(19)30)28(37)36-13-11-35(12-14-36)27-24(39-29(31)32)9-6-10-33-27/h4-10,15-17,29,34H,11-14H2,1-3H3. The van der Waals surface area contributed by atoms with Gasteiger partial charge in [0.25, 0.3) is 5.91 Å². The van der Waals surface area contributed by atoms with Gasteiger partial charge in [0.15, 0.2) is 17.4 Å². The third kappa shape index (κ3) is 5.10. The number of nitrogens with zero attached hydrogens (tertiary/aromatic N) is 3. The first kappa shape index (κ1) is 26.4. The van der Waals surface area contributed by atoms with Crippen molar-refractivity contribution in [3.63, 3.8) is 0 Å². The van der Waals surface area contributed by atoms with Crippen molar-refractivity contribution in [1.82, 2.24) is 14.9 Å². The van der Waals surface area contributed by atoms with Crippen LogP contribution in [0.5, 0.6) is 11.5 Å². The molecule has 2 aromatic heterocycles. The average molecular weight is 539 g/mol. The van der Waals surface area contributed by atoms with Crippen molar-refractivity contribution in [2.75, 3.05) is 38.2 Å². The third-order valence-electron chi connectivity index (χ3n) is 6.96. The molecule has 39 heavy (non-hydrogen) atoms. The maximum Gasteiger partial charge on any atom is 0.387 e. The maximum atomic E-state index is 15.6. The van der Waals surface area contributed by atoms with E-state index in [4.69, 9.17) is 4.74 Å². The number of methoxy groups -OCH3 is 1. The Balaban J connectivity index is 1.44. The molecule has 1 saturated heterocycles. The number of H-pyrrole nitrogens is 1. The van der Waals surface area contributed by atoms with Crippen LogP contribution >= 0.6 is 0 Å². The number of nitrogens with one attached hydrogen (secondary N) is 1. The number of pyridine rings is 1. The van der Waals surface area contributed by atoms with Crippen molar-refractivity contribution in [2.45, 2.75) is 26.4 Å². The summed E-state index contributed by atoms with van der Waals surface area (Å²) < 4.78 is 51.5. The summed E-state index contributed by atoms with van der Waals surface area (Å²) in [6.07, 6.45) is 1.51. The first-order chi connectivity index (χ1) is 18.8. The first-order valence-corrected chi connectivity index (χ1v) is 12.7. The topological polar surface area (TPSA) is 70.7 Å². The van der Waals surface area contributed by atoms with Gasteiger partial charge in [-0.25, -0.2) is 9.37 Å². The number of piperazine rings is 1. The number of fused-ring (bicyclic) bond motifs is 1. The highest BCUT2D eigenvalue weighted by atomic mass is 19.3. The van der Waals surface area contributed by atoms with Crippen LogP contribution in [-0.4, -0.2) is 60.7 Å². The van der Waals surface area contributed by atoms with Gasteiger partial charge in [0.05, 0.1) is 12.6 Å². The minimum absolute atomic E-state index is 0.0109. The van der Waals surface area contributed by atoms with Crippen molar-refractivity contribution in [1.29, 1.82) is 0 Å². The number of ether oxygens (including phenoxy) is 2. The predicted octanol–water partition coefficient (Wildman–Crippen LogP) is 6.06. The Hall–Kier alpha value is -4.21. The van der Waals surface area contributed by atoms with E-state index in [9.17, 15) is 13.6 Å². The Kier molecular flexibility index (Phi) is 7.36. The summed E-state index contributed by atoms with van der Waals surface area (Å²) in [7, 11) is 1.59. The van der Waals surface area contributed by atoms with Crippen molar-refractivity contribution >= 4 is 22.6 Å². The molecule has 0 atom stereocenters. The highest BCUT2D eigenvalue weighted by molar-refractivity contribution is 6.04. The second-order valence-corrected chi connectivity index (χ2v) is 9.64. The van der Waals surface area contributed by atoms with E-state index >= 15 is 4.39 Å². The molecule has 0 bridgehead atoms. The van der Waals surface area contributed by atoms with E-state index in [1.807, 2.05) is 44.2 Å². The van der Waals surface area contributed by atoms with Gasteiger partial charge in [-0.15, -0.1) is 0 Å². The van der Waals surface area contributed by atoms with Crippen molar-refractivity contribution < 1.29 is 27.4 Å². The number of carbonyl (C=O) groups excluding carboxylic acids is 1. The number of aromatic nitrogens is 2. The van der Waals surface area contributed by atoms with E-state index in [1.165, 1.54) is 18.3 Å². The molecule has 7 nitrogen and oxygen atoms in total. The van der Waals surface area contributed by atoms with Gasteiger partial charge in [-0.2, -0.15) is 8.78 Å². The number of rotatable bonds is 7. The Morgan fingerprint density at radius 1 is 1.00 bits per heavy atom. The Labute approximate surface area is 224 Å². The molecule has 10 heteroatoms. The van der Waals surface area contributed by atoms with E-state index in [1.54, 1.807) is 23.0 Å². The number of anilines is 1. The molecular weight excluding hydrogens is 509 g/mol. The fourth-order valence-corrected chi connectivity index (χ4v) is 5.01. The molecule has 0 spiro atoms. The van der Waals surface area contributed by atoms with Crippen LogP contribution < -0.4 is 14.4 Å². The molecule has 0 unspecified atom stereocenters. The van der Waals surface area contributed by atoms with Crippen molar-refractivity contribution in [2.24, 2.45) is 0 Å². The van der Waals surface area contributed by atoms with Crippen LogP contribution in [0, 0.1) is 5.82 Å². The number of benzene rings is 2. The van der Waals surface area contributed by atoms with Gasteiger partial charge in [-0.3, -0.25) is 4.79 Å². The second kappa shape index (κ2) is 10.9. The van der Waals surface area contributed by atoms with E-state index in [-0.39, 0.29) is 34.6 Å². The van der Waals surface area contributed by atoms with Crippen LogP contribution in [0.15, 0.2) is 54.7 Å². The van der Waals surface area contributed by atoms with Crippen LogP contribution in [0.2, 0.25) is 0 Å². The zero-order valence-corrected chi connectivity index (χ0v) is 21.9. The zero-order chi connectivity index (χ0) is 27.7. The van der Waals surface area contributed by atoms with Gasteiger partial charge in [0.2, 0.25) is 0 Å². The fourth-order valence-electron chi connectivity index (χ4n) is 5.01. The molecule has 1 N–H and O–H groups in total. The number of amides is 1.